The summed E-state index contributed by atoms with van der Waals surface area (Å²) >= 11 is 5.97. The van der Waals surface area contributed by atoms with Gasteiger partial charge in [-0.05, 0) is 30.0 Å². The SMILES string of the molecule is COCCN1CCN(Cc2ccc(C3CCCN3C(=O)c3cc(Cl)c(O)cc3O)cc2)CC1. The zero-order chi connectivity index (χ0) is 23.4. The fourth-order valence-corrected chi connectivity index (χ4v) is 4.89. The van der Waals surface area contributed by atoms with Crippen LogP contribution in [0.5, 0.6) is 11.5 Å². The van der Waals surface area contributed by atoms with E-state index in [1.165, 1.54) is 11.6 Å². The number of aromatic hydroxyl groups is 2. The number of nitrogens with zero attached hydrogens (tertiary/aromatic N) is 3. The molecule has 0 bridgehead atoms. The number of halogens is 1. The largest absolute Gasteiger partial charge is 0.507 e. The first kappa shape index (κ1) is 23.8. The third-order valence-electron chi connectivity index (χ3n) is 6.66. The molecule has 33 heavy (non-hydrogen) atoms. The molecule has 8 heteroatoms. The zero-order valence-corrected chi connectivity index (χ0v) is 19.8. The summed E-state index contributed by atoms with van der Waals surface area (Å²) in [6.07, 6.45) is 1.78. The highest BCUT2D eigenvalue weighted by Gasteiger charge is 2.32. The highest BCUT2D eigenvalue weighted by molar-refractivity contribution is 6.32. The number of piperazine rings is 1. The van der Waals surface area contributed by atoms with Crippen molar-refractivity contribution in [2.75, 3.05) is 53.0 Å². The van der Waals surface area contributed by atoms with Crippen LogP contribution in [0.1, 0.15) is 40.4 Å². The summed E-state index contributed by atoms with van der Waals surface area (Å²) in [6.45, 7) is 7.54. The molecular weight excluding hydrogens is 442 g/mol. The van der Waals surface area contributed by atoms with Gasteiger partial charge in [-0.15, -0.1) is 0 Å². The highest BCUT2D eigenvalue weighted by Crippen LogP contribution is 2.37. The van der Waals surface area contributed by atoms with Crippen LogP contribution in [0.4, 0.5) is 0 Å². The molecule has 2 aliphatic rings. The monoisotopic (exact) mass is 473 g/mol. The first-order chi connectivity index (χ1) is 16.0. The Bertz CT molecular complexity index is 961. The lowest BCUT2D eigenvalue weighted by Gasteiger charge is -2.34. The van der Waals surface area contributed by atoms with Gasteiger partial charge in [-0.3, -0.25) is 14.6 Å². The molecule has 2 aliphatic heterocycles. The van der Waals surface area contributed by atoms with E-state index in [4.69, 9.17) is 16.3 Å². The summed E-state index contributed by atoms with van der Waals surface area (Å²) in [5.74, 6) is -0.770. The molecule has 4 rings (SSSR count). The van der Waals surface area contributed by atoms with Gasteiger partial charge in [-0.1, -0.05) is 35.9 Å². The lowest BCUT2D eigenvalue weighted by molar-refractivity contribution is 0.0732. The van der Waals surface area contributed by atoms with Gasteiger partial charge in [0.25, 0.3) is 5.91 Å². The molecule has 0 aliphatic carbocycles. The van der Waals surface area contributed by atoms with Crippen LogP contribution in [0, 0.1) is 0 Å². The first-order valence-corrected chi connectivity index (χ1v) is 11.9. The average molecular weight is 474 g/mol. The number of likely N-dealkylation sites (tertiary alicyclic amines) is 1. The summed E-state index contributed by atoms with van der Waals surface area (Å²) in [5, 5.41) is 19.9. The summed E-state index contributed by atoms with van der Waals surface area (Å²) in [5.41, 5.74) is 2.48. The number of ether oxygens (including phenoxy) is 1. The van der Waals surface area contributed by atoms with Crippen LogP contribution in [0.25, 0.3) is 0 Å². The van der Waals surface area contributed by atoms with Gasteiger partial charge < -0.3 is 19.8 Å². The van der Waals surface area contributed by atoms with Crippen LogP contribution in [-0.2, 0) is 11.3 Å². The van der Waals surface area contributed by atoms with Crippen molar-refractivity contribution in [1.29, 1.82) is 0 Å². The molecule has 178 valence electrons. The van der Waals surface area contributed by atoms with E-state index in [0.717, 1.165) is 70.3 Å². The third kappa shape index (κ3) is 5.61. The average Bonchev–Trinajstić information content (AvgIpc) is 3.31. The van der Waals surface area contributed by atoms with E-state index in [0.29, 0.717) is 6.54 Å². The van der Waals surface area contributed by atoms with Crippen molar-refractivity contribution in [1.82, 2.24) is 14.7 Å². The maximum Gasteiger partial charge on any atom is 0.258 e. The predicted octanol–water partition coefficient (Wildman–Crippen LogP) is 3.49. The lowest BCUT2D eigenvalue weighted by Crippen LogP contribution is -2.46. The molecule has 2 aromatic carbocycles. The van der Waals surface area contributed by atoms with E-state index in [2.05, 4.69) is 34.1 Å². The minimum atomic E-state index is -0.271. The molecule has 1 atom stereocenters. The number of rotatable bonds is 7. The van der Waals surface area contributed by atoms with E-state index >= 15 is 0 Å². The van der Waals surface area contributed by atoms with Gasteiger partial charge in [0.15, 0.2) is 0 Å². The zero-order valence-electron chi connectivity index (χ0n) is 19.0. The van der Waals surface area contributed by atoms with Crippen molar-refractivity contribution in [3.8, 4) is 11.5 Å². The molecule has 2 N–H and O–H groups in total. The second-order valence-electron chi connectivity index (χ2n) is 8.83. The Hall–Kier alpha value is -2.32. The molecule has 0 radical (unpaired) electrons. The van der Waals surface area contributed by atoms with Crippen LogP contribution < -0.4 is 0 Å². The van der Waals surface area contributed by atoms with Gasteiger partial charge in [0.05, 0.1) is 23.2 Å². The summed E-state index contributed by atoms with van der Waals surface area (Å²) in [4.78, 5) is 19.8. The fraction of sp³-hybridized carbons (Fsp3) is 0.480. The first-order valence-electron chi connectivity index (χ1n) is 11.5. The summed E-state index contributed by atoms with van der Waals surface area (Å²) < 4.78 is 5.18. The molecule has 1 amide bonds. The van der Waals surface area contributed by atoms with E-state index in [1.54, 1.807) is 12.0 Å². The Morgan fingerprint density at radius 3 is 2.42 bits per heavy atom. The molecule has 0 aromatic heterocycles. The molecule has 2 saturated heterocycles. The topological polar surface area (TPSA) is 76.5 Å². The van der Waals surface area contributed by atoms with Gasteiger partial charge in [0.2, 0.25) is 0 Å². The van der Waals surface area contributed by atoms with E-state index < -0.39 is 0 Å². The Labute approximate surface area is 200 Å². The van der Waals surface area contributed by atoms with Gasteiger partial charge >= 0.3 is 0 Å². The smallest absolute Gasteiger partial charge is 0.258 e. The van der Waals surface area contributed by atoms with Gasteiger partial charge in [-0.2, -0.15) is 0 Å². The third-order valence-corrected chi connectivity index (χ3v) is 6.96. The van der Waals surface area contributed by atoms with Crippen LogP contribution in [-0.4, -0.2) is 83.8 Å². The molecule has 2 heterocycles. The minimum Gasteiger partial charge on any atom is -0.507 e. The highest BCUT2D eigenvalue weighted by atomic mass is 35.5. The fourth-order valence-electron chi connectivity index (χ4n) is 4.73. The number of hydrogen-bond donors (Lipinski definition) is 2. The predicted molar refractivity (Wildman–Crippen MR) is 128 cm³/mol. The molecule has 2 aromatic rings. The molecule has 0 saturated carbocycles. The Morgan fingerprint density at radius 1 is 1.03 bits per heavy atom. The number of phenolic OH excluding ortho intramolecular Hbond substituents is 2. The second-order valence-corrected chi connectivity index (χ2v) is 9.24. The molecule has 2 fully saturated rings. The maximum absolute atomic E-state index is 13.1. The molecular formula is C25H32ClN3O4. The Kier molecular flexibility index (Phi) is 7.75. The van der Waals surface area contributed by atoms with Crippen LogP contribution in [0.2, 0.25) is 5.02 Å². The van der Waals surface area contributed by atoms with Crippen molar-refractivity contribution >= 4 is 17.5 Å². The van der Waals surface area contributed by atoms with Crippen molar-refractivity contribution in [3.63, 3.8) is 0 Å². The second kappa shape index (κ2) is 10.7. The van der Waals surface area contributed by atoms with Crippen molar-refractivity contribution in [2.24, 2.45) is 0 Å². The quantitative estimate of drug-likeness (QED) is 0.641. The summed E-state index contributed by atoms with van der Waals surface area (Å²) in [7, 11) is 1.74. The Morgan fingerprint density at radius 2 is 1.73 bits per heavy atom. The summed E-state index contributed by atoms with van der Waals surface area (Å²) in [6, 6.07) is 11.0. The van der Waals surface area contributed by atoms with Crippen molar-refractivity contribution in [2.45, 2.75) is 25.4 Å². The standard InChI is InChI=1S/C25H32ClN3O4/c1-33-14-13-27-9-11-28(12-10-27)17-18-4-6-19(7-5-18)22-3-2-8-29(22)25(32)20-15-21(26)24(31)16-23(20)30/h4-7,15-16,22,30-31H,2-3,8-14,17H2,1H3. The maximum atomic E-state index is 13.1. The number of carbonyl (C=O) groups excluding carboxylic acids is 1. The van der Waals surface area contributed by atoms with E-state index in [9.17, 15) is 15.0 Å². The molecule has 1 unspecified atom stereocenters. The minimum absolute atomic E-state index is 0.0390. The molecule has 7 nitrogen and oxygen atoms in total. The molecule has 0 spiro atoms. The van der Waals surface area contributed by atoms with Gasteiger partial charge in [0.1, 0.15) is 11.5 Å². The van der Waals surface area contributed by atoms with Crippen molar-refractivity contribution in [3.05, 3.63) is 58.1 Å². The Balaban J connectivity index is 1.38. The van der Waals surface area contributed by atoms with Gasteiger partial charge in [-0.25, -0.2) is 0 Å². The van der Waals surface area contributed by atoms with Crippen LogP contribution in [0.15, 0.2) is 36.4 Å². The normalized spacial score (nSPS) is 19.8. The number of hydrogen-bond acceptors (Lipinski definition) is 6. The van der Waals surface area contributed by atoms with Crippen LogP contribution >= 0.6 is 11.6 Å². The van der Waals surface area contributed by atoms with E-state index in [1.807, 2.05) is 0 Å². The van der Waals surface area contributed by atoms with E-state index in [-0.39, 0.29) is 34.0 Å². The van der Waals surface area contributed by atoms with Crippen molar-refractivity contribution < 1.29 is 19.7 Å². The van der Waals surface area contributed by atoms with Gasteiger partial charge in [0, 0.05) is 59.0 Å². The lowest BCUT2D eigenvalue weighted by atomic mass is 10.0. The number of amides is 1. The number of benzene rings is 2. The number of phenols is 2. The number of methoxy groups -OCH3 is 1. The van der Waals surface area contributed by atoms with Crippen LogP contribution in [0.3, 0.4) is 0 Å². The number of carbonyl (C=O) groups is 1.